The summed E-state index contributed by atoms with van der Waals surface area (Å²) in [7, 11) is 0. The summed E-state index contributed by atoms with van der Waals surface area (Å²) in [6, 6.07) is -4.80. The van der Waals surface area contributed by atoms with E-state index in [-0.39, 0.29) is 57.3 Å². The fourth-order valence-corrected chi connectivity index (χ4v) is 3.55. The van der Waals surface area contributed by atoms with Gasteiger partial charge in [-0.15, -0.1) is 0 Å². The van der Waals surface area contributed by atoms with Crippen LogP contribution in [0.3, 0.4) is 0 Å². The second kappa shape index (κ2) is 21.4. The van der Waals surface area contributed by atoms with Crippen molar-refractivity contribution in [2.45, 2.75) is 102 Å². The summed E-state index contributed by atoms with van der Waals surface area (Å²) < 4.78 is 0. The van der Waals surface area contributed by atoms with E-state index in [1.54, 1.807) is 0 Å². The molecule has 4 atom stereocenters. The highest BCUT2D eigenvalue weighted by molar-refractivity contribution is 5.86. The SMILES string of the molecule is CCCCNC(=O)CC[C@@H](C=O)NC(=O)CCC(NC(=O)CC[C@@H](C=O)NC(=O)CCC(NC(C)=O)C(=O)O)C(=O)O. The Morgan fingerprint density at radius 1 is 0.619 bits per heavy atom. The van der Waals surface area contributed by atoms with Crippen molar-refractivity contribution in [1.29, 1.82) is 0 Å². The molecule has 0 aromatic rings. The first-order valence-corrected chi connectivity index (χ1v) is 13.6. The third kappa shape index (κ3) is 18.1. The van der Waals surface area contributed by atoms with Gasteiger partial charge in [0.15, 0.2) is 0 Å². The van der Waals surface area contributed by atoms with Crippen molar-refractivity contribution >= 4 is 54.0 Å². The van der Waals surface area contributed by atoms with E-state index in [0.717, 1.165) is 19.8 Å². The molecule has 0 rings (SSSR count). The minimum absolute atomic E-state index is 0.0172. The van der Waals surface area contributed by atoms with Gasteiger partial charge in [0.25, 0.3) is 0 Å². The highest BCUT2D eigenvalue weighted by Crippen LogP contribution is 2.04. The van der Waals surface area contributed by atoms with Crippen LogP contribution in [0.25, 0.3) is 0 Å². The minimum atomic E-state index is -1.45. The Kier molecular flexibility index (Phi) is 19.2. The minimum Gasteiger partial charge on any atom is -0.480 e. The molecule has 0 bridgehead atoms. The number of nitrogens with one attached hydrogen (secondary N) is 5. The van der Waals surface area contributed by atoms with E-state index in [4.69, 9.17) is 5.11 Å². The Balaban J connectivity index is 4.64. The number of carbonyl (C=O) groups excluding carboxylic acids is 7. The molecule has 0 aliphatic carbocycles. The van der Waals surface area contributed by atoms with Crippen LogP contribution in [0.5, 0.6) is 0 Å². The molecule has 2 unspecified atom stereocenters. The fraction of sp³-hybridized carbons (Fsp3) is 0.654. The van der Waals surface area contributed by atoms with Crippen LogP contribution in [0.15, 0.2) is 0 Å². The lowest BCUT2D eigenvalue weighted by molar-refractivity contribution is -0.142. The standard InChI is InChI=1S/C26H41N5O11/c1-3-4-13-27-21(35)9-5-17(14-32)29-23(37)12-8-20(26(41)42)31-24(38)10-6-18(15-33)30-22(36)11-7-19(25(39)40)28-16(2)34/h14-15,17-20H,3-13H2,1-2H3,(H,27,35)(H,28,34)(H,29,37)(H,30,36)(H,31,38)(H,39,40)(H,41,42)/t17-,18-,19?,20?/m0/s1. The molecule has 16 heteroatoms. The van der Waals surface area contributed by atoms with Gasteiger partial charge in [0.1, 0.15) is 24.7 Å². The number of rotatable bonds is 23. The molecule has 42 heavy (non-hydrogen) atoms. The Morgan fingerprint density at radius 3 is 1.43 bits per heavy atom. The smallest absolute Gasteiger partial charge is 0.326 e. The molecular weight excluding hydrogens is 558 g/mol. The Bertz CT molecular complexity index is 972. The van der Waals surface area contributed by atoms with Gasteiger partial charge in [0, 0.05) is 39.2 Å². The second-order valence-corrected chi connectivity index (χ2v) is 9.53. The molecule has 0 aliphatic rings. The van der Waals surface area contributed by atoms with E-state index >= 15 is 0 Å². The first-order valence-electron chi connectivity index (χ1n) is 13.6. The van der Waals surface area contributed by atoms with Crippen LogP contribution in [-0.2, 0) is 43.2 Å². The molecule has 0 aromatic carbocycles. The molecule has 0 saturated carbocycles. The lowest BCUT2D eigenvalue weighted by Crippen LogP contribution is -2.44. The number of carboxylic acids is 2. The van der Waals surface area contributed by atoms with Crippen LogP contribution in [0.1, 0.15) is 78.1 Å². The van der Waals surface area contributed by atoms with Crippen molar-refractivity contribution in [2.24, 2.45) is 0 Å². The van der Waals surface area contributed by atoms with Gasteiger partial charge in [0.05, 0.1) is 12.1 Å². The topological polar surface area (TPSA) is 254 Å². The largest absolute Gasteiger partial charge is 0.480 e. The van der Waals surface area contributed by atoms with Crippen LogP contribution in [0, 0.1) is 0 Å². The van der Waals surface area contributed by atoms with Gasteiger partial charge in [-0.05, 0) is 32.1 Å². The van der Waals surface area contributed by atoms with Crippen molar-refractivity contribution in [1.82, 2.24) is 26.6 Å². The summed E-state index contributed by atoms with van der Waals surface area (Å²) >= 11 is 0. The molecule has 5 amide bonds. The zero-order valence-corrected chi connectivity index (χ0v) is 23.8. The molecule has 0 radical (unpaired) electrons. The quantitative estimate of drug-likeness (QED) is 0.0528. The molecule has 0 fully saturated rings. The summed E-state index contributed by atoms with van der Waals surface area (Å²) in [4.78, 5) is 105. The summed E-state index contributed by atoms with van der Waals surface area (Å²) in [5.74, 6) is -5.71. The van der Waals surface area contributed by atoms with Gasteiger partial charge in [-0.25, -0.2) is 9.59 Å². The van der Waals surface area contributed by atoms with Crippen LogP contribution in [0.4, 0.5) is 0 Å². The zero-order valence-electron chi connectivity index (χ0n) is 23.8. The number of carboxylic acid groups (broad SMARTS) is 2. The molecule has 7 N–H and O–H groups in total. The van der Waals surface area contributed by atoms with Crippen molar-refractivity contribution in [3.8, 4) is 0 Å². The molecule has 0 aromatic heterocycles. The van der Waals surface area contributed by atoms with E-state index in [1.165, 1.54) is 0 Å². The normalized spacial score (nSPS) is 13.3. The van der Waals surface area contributed by atoms with Crippen LogP contribution < -0.4 is 26.6 Å². The summed E-state index contributed by atoms with van der Waals surface area (Å²) in [6.45, 7) is 3.60. The van der Waals surface area contributed by atoms with Crippen molar-refractivity contribution in [3.63, 3.8) is 0 Å². The van der Waals surface area contributed by atoms with Crippen LogP contribution in [-0.4, -0.2) is 95.0 Å². The number of aldehydes is 2. The summed E-state index contributed by atoms with van der Waals surface area (Å²) in [6.07, 6.45) is 0.906. The van der Waals surface area contributed by atoms with Gasteiger partial charge in [-0.2, -0.15) is 0 Å². The number of amides is 5. The van der Waals surface area contributed by atoms with Crippen molar-refractivity contribution in [2.75, 3.05) is 6.54 Å². The average molecular weight is 600 g/mol. The van der Waals surface area contributed by atoms with E-state index in [1.807, 2.05) is 6.92 Å². The molecule has 0 spiro atoms. The average Bonchev–Trinajstić information content (AvgIpc) is 2.92. The maximum absolute atomic E-state index is 12.3. The van der Waals surface area contributed by atoms with Crippen molar-refractivity contribution in [3.05, 3.63) is 0 Å². The van der Waals surface area contributed by atoms with Gasteiger partial charge in [-0.3, -0.25) is 24.0 Å². The third-order valence-electron chi connectivity index (χ3n) is 5.87. The number of hydrogen-bond acceptors (Lipinski definition) is 9. The summed E-state index contributed by atoms with van der Waals surface area (Å²) in [5, 5.41) is 30.3. The molecule has 236 valence electrons. The highest BCUT2D eigenvalue weighted by Gasteiger charge is 2.24. The number of unbranched alkanes of at least 4 members (excludes halogenated alkanes) is 1. The van der Waals surface area contributed by atoms with Crippen LogP contribution in [0.2, 0.25) is 0 Å². The fourth-order valence-electron chi connectivity index (χ4n) is 3.55. The first kappa shape index (κ1) is 37.6. The van der Waals surface area contributed by atoms with E-state index < -0.39 is 59.7 Å². The molecule has 0 saturated heterocycles. The lowest BCUT2D eigenvalue weighted by atomic mass is 10.1. The number of aliphatic carboxylic acids is 2. The van der Waals surface area contributed by atoms with Gasteiger partial charge in [-0.1, -0.05) is 13.3 Å². The van der Waals surface area contributed by atoms with Gasteiger partial charge < -0.3 is 46.4 Å². The first-order chi connectivity index (χ1) is 19.8. The molecule has 0 heterocycles. The zero-order chi connectivity index (χ0) is 32.1. The number of hydrogen-bond donors (Lipinski definition) is 7. The third-order valence-corrected chi connectivity index (χ3v) is 5.87. The predicted molar refractivity (Wildman–Crippen MR) is 146 cm³/mol. The Hall–Kier alpha value is -4.37. The molecule has 0 aliphatic heterocycles. The molecular formula is C26H41N5O11. The van der Waals surface area contributed by atoms with Crippen LogP contribution >= 0.6 is 0 Å². The maximum Gasteiger partial charge on any atom is 0.326 e. The maximum atomic E-state index is 12.3. The van der Waals surface area contributed by atoms with Crippen molar-refractivity contribution < 1.29 is 53.4 Å². The lowest BCUT2D eigenvalue weighted by Gasteiger charge is -2.17. The van der Waals surface area contributed by atoms with Gasteiger partial charge in [0.2, 0.25) is 29.5 Å². The Morgan fingerprint density at radius 2 is 1.02 bits per heavy atom. The second-order valence-electron chi connectivity index (χ2n) is 9.53. The van der Waals surface area contributed by atoms with E-state index in [2.05, 4.69) is 26.6 Å². The summed E-state index contributed by atoms with van der Waals surface area (Å²) in [5.41, 5.74) is 0. The van der Waals surface area contributed by atoms with E-state index in [9.17, 15) is 48.3 Å². The molecule has 16 nitrogen and oxygen atoms in total. The predicted octanol–water partition coefficient (Wildman–Crippen LogP) is -1.45. The van der Waals surface area contributed by atoms with Gasteiger partial charge >= 0.3 is 11.9 Å². The number of carbonyl (C=O) groups is 9. The van der Waals surface area contributed by atoms with E-state index in [0.29, 0.717) is 19.1 Å². The monoisotopic (exact) mass is 599 g/mol. The highest BCUT2D eigenvalue weighted by atomic mass is 16.4. The Labute approximate surface area is 243 Å².